The van der Waals surface area contributed by atoms with Crippen LogP contribution in [0.4, 0.5) is 0 Å². The van der Waals surface area contributed by atoms with Gasteiger partial charge in [0, 0.05) is 29.1 Å². The van der Waals surface area contributed by atoms with Gasteiger partial charge in [-0.25, -0.2) is 4.79 Å². The van der Waals surface area contributed by atoms with Crippen LogP contribution >= 0.6 is 11.3 Å². The van der Waals surface area contributed by atoms with E-state index in [0.717, 1.165) is 11.1 Å². The monoisotopic (exact) mass is 448 g/mol. The van der Waals surface area contributed by atoms with Gasteiger partial charge in [-0.2, -0.15) is 11.3 Å². The number of benzene rings is 2. The van der Waals surface area contributed by atoms with Crippen molar-refractivity contribution >= 4 is 39.9 Å². The summed E-state index contributed by atoms with van der Waals surface area (Å²) in [5.41, 5.74) is 3.12. The molecule has 3 N–H and O–H groups in total. The number of amides is 1. The minimum atomic E-state index is -1.07. The second-order valence-electron chi connectivity index (χ2n) is 7.19. The summed E-state index contributed by atoms with van der Waals surface area (Å²) in [6.07, 6.45) is 1.57. The molecule has 1 amide bonds. The number of carbonyl (C=O) groups excluding carboxylic acids is 3. The average molecular weight is 449 g/mol. The Morgan fingerprint density at radius 1 is 1.16 bits per heavy atom. The van der Waals surface area contributed by atoms with Gasteiger partial charge in [-0.1, -0.05) is 24.3 Å². The van der Waals surface area contributed by atoms with E-state index >= 15 is 0 Å². The summed E-state index contributed by atoms with van der Waals surface area (Å²) in [5, 5.41) is 17.1. The molecule has 32 heavy (non-hydrogen) atoms. The molecule has 0 aliphatic carbocycles. The fourth-order valence-corrected chi connectivity index (χ4v) is 4.19. The largest absolute Gasteiger partial charge is 0.507 e. The molecule has 0 unspecified atom stereocenters. The first-order valence-corrected chi connectivity index (χ1v) is 10.8. The zero-order valence-electron chi connectivity index (χ0n) is 17.1. The summed E-state index contributed by atoms with van der Waals surface area (Å²) in [4.78, 5) is 40.8. The molecule has 0 saturated carbocycles. The third-order valence-corrected chi connectivity index (χ3v) is 5.85. The highest BCUT2D eigenvalue weighted by atomic mass is 32.1. The number of phenolic OH excluding ortho intramolecular Hbond substituents is 1. The van der Waals surface area contributed by atoms with Crippen LogP contribution in [0.15, 0.2) is 65.5 Å². The maximum Gasteiger partial charge on any atom is 0.328 e. The van der Waals surface area contributed by atoms with E-state index in [1.54, 1.807) is 30.3 Å². The van der Waals surface area contributed by atoms with Crippen LogP contribution in [0.3, 0.4) is 0 Å². The number of hydrogen-bond acceptors (Lipinski definition) is 6. The predicted molar refractivity (Wildman–Crippen MR) is 122 cm³/mol. The number of aromatic amines is 1. The number of aromatic hydroxyl groups is 1. The first kappa shape index (κ1) is 21.3. The molecule has 0 fully saturated rings. The van der Waals surface area contributed by atoms with Gasteiger partial charge in [-0.3, -0.25) is 9.59 Å². The first-order valence-electron chi connectivity index (χ1n) is 9.81. The van der Waals surface area contributed by atoms with Gasteiger partial charge in [-0.05, 0) is 46.2 Å². The van der Waals surface area contributed by atoms with Gasteiger partial charge in [0.15, 0.2) is 0 Å². The number of ketones is 1. The molecule has 2 aromatic carbocycles. The number of nitrogens with one attached hydrogen (secondary N) is 2. The van der Waals surface area contributed by atoms with E-state index in [0.29, 0.717) is 16.5 Å². The van der Waals surface area contributed by atoms with Gasteiger partial charge < -0.3 is 20.1 Å². The van der Waals surface area contributed by atoms with Gasteiger partial charge in [0.05, 0.1) is 12.7 Å². The maximum atomic E-state index is 12.8. The van der Waals surface area contributed by atoms with Crippen LogP contribution in [0.2, 0.25) is 0 Å². The number of para-hydroxylation sites is 1. The number of aromatic nitrogens is 1. The Balaban J connectivity index is 1.56. The molecule has 7 nitrogen and oxygen atoms in total. The standard InChI is InChI=1S/C24H20N2O5S/c1-31-24(30)20(11-14-6-7-21(27)17(10-14)15-8-9-32-13-15)26-23(29)22(28)18-12-25-19-5-3-2-4-16(18)19/h2-10,12-13,20,25,27H,11H2,1H3,(H,26,29)/t20-/m0/s1. The molecule has 0 radical (unpaired) electrons. The lowest BCUT2D eigenvalue weighted by Gasteiger charge is -2.17. The molecule has 162 valence electrons. The molecule has 0 spiro atoms. The number of Topliss-reactive ketones (excluding diaryl/α,β-unsaturated/α-hetero) is 1. The van der Waals surface area contributed by atoms with Crippen molar-refractivity contribution in [2.75, 3.05) is 7.11 Å². The highest BCUT2D eigenvalue weighted by molar-refractivity contribution is 7.08. The van der Waals surface area contributed by atoms with Gasteiger partial charge in [-0.15, -0.1) is 0 Å². The minimum absolute atomic E-state index is 0.0942. The van der Waals surface area contributed by atoms with Crippen molar-refractivity contribution in [3.8, 4) is 16.9 Å². The molecule has 8 heteroatoms. The number of H-pyrrole nitrogens is 1. The number of hydrogen-bond donors (Lipinski definition) is 3. The van der Waals surface area contributed by atoms with Crippen molar-refractivity contribution in [2.24, 2.45) is 0 Å². The van der Waals surface area contributed by atoms with E-state index in [1.165, 1.54) is 30.7 Å². The molecule has 0 bridgehead atoms. The van der Waals surface area contributed by atoms with E-state index in [9.17, 15) is 19.5 Å². The van der Waals surface area contributed by atoms with Crippen LogP contribution in [-0.4, -0.2) is 40.9 Å². The van der Waals surface area contributed by atoms with Crippen LogP contribution in [0, 0.1) is 0 Å². The number of phenols is 1. The topological polar surface area (TPSA) is 108 Å². The van der Waals surface area contributed by atoms with Crippen molar-refractivity contribution in [1.82, 2.24) is 10.3 Å². The summed E-state index contributed by atoms with van der Waals surface area (Å²) in [6.45, 7) is 0. The van der Waals surface area contributed by atoms with Crippen LogP contribution in [-0.2, 0) is 20.7 Å². The predicted octanol–water partition coefficient (Wildman–Crippen LogP) is 3.69. The van der Waals surface area contributed by atoms with Gasteiger partial charge >= 0.3 is 5.97 Å². The summed E-state index contributed by atoms with van der Waals surface area (Å²) in [5.74, 6) is -2.21. The van der Waals surface area contributed by atoms with Crippen molar-refractivity contribution in [2.45, 2.75) is 12.5 Å². The third-order valence-electron chi connectivity index (χ3n) is 5.16. The van der Waals surface area contributed by atoms with Gasteiger partial charge in [0.2, 0.25) is 0 Å². The Labute approximate surface area is 187 Å². The minimum Gasteiger partial charge on any atom is -0.507 e. The highest BCUT2D eigenvalue weighted by Crippen LogP contribution is 2.31. The molecule has 2 heterocycles. The number of fused-ring (bicyclic) bond motifs is 1. The summed E-state index contributed by atoms with van der Waals surface area (Å²) in [7, 11) is 1.22. The molecule has 4 aromatic rings. The van der Waals surface area contributed by atoms with Crippen LogP contribution < -0.4 is 5.32 Å². The molecule has 0 aliphatic heterocycles. The number of thiophene rings is 1. The Morgan fingerprint density at radius 3 is 2.72 bits per heavy atom. The fraction of sp³-hybridized carbons (Fsp3) is 0.125. The average Bonchev–Trinajstić information content (AvgIpc) is 3.49. The van der Waals surface area contributed by atoms with E-state index in [4.69, 9.17) is 4.74 Å². The van der Waals surface area contributed by atoms with E-state index < -0.39 is 23.7 Å². The zero-order chi connectivity index (χ0) is 22.7. The second kappa shape index (κ2) is 9.07. The summed E-state index contributed by atoms with van der Waals surface area (Å²) >= 11 is 1.50. The Morgan fingerprint density at radius 2 is 1.97 bits per heavy atom. The smallest absolute Gasteiger partial charge is 0.328 e. The third kappa shape index (κ3) is 4.26. The van der Waals surface area contributed by atoms with Crippen molar-refractivity contribution in [3.05, 3.63) is 76.6 Å². The first-order chi connectivity index (χ1) is 15.5. The number of rotatable bonds is 7. The number of ether oxygens (including phenoxy) is 1. The lowest BCUT2D eigenvalue weighted by molar-refractivity contribution is -0.144. The Hall–Kier alpha value is -3.91. The van der Waals surface area contributed by atoms with Crippen molar-refractivity contribution < 1.29 is 24.2 Å². The normalized spacial score (nSPS) is 11.8. The molecule has 4 rings (SSSR count). The lowest BCUT2D eigenvalue weighted by Crippen LogP contribution is -2.45. The SMILES string of the molecule is COC(=O)[C@H](Cc1ccc(O)c(-c2ccsc2)c1)NC(=O)C(=O)c1c[nH]c2ccccc12. The number of carbonyl (C=O) groups is 3. The summed E-state index contributed by atoms with van der Waals surface area (Å²) in [6, 6.07) is 12.9. The summed E-state index contributed by atoms with van der Waals surface area (Å²) < 4.78 is 4.83. The van der Waals surface area contributed by atoms with E-state index in [-0.39, 0.29) is 17.7 Å². The van der Waals surface area contributed by atoms with Gasteiger partial charge in [0.25, 0.3) is 11.7 Å². The highest BCUT2D eigenvalue weighted by Gasteiger charge is 2.27. The molecular formula is C24H20N2O5S. The second-order valence-corrected chi connectivity index (χ2v) is 7.97. The van der Waals surface area contributed by atoms with Crippen LogP contribution in [0.25, 0.3) is 22.0 Å². The number of methoxy groups -OCH3 is 1. The van der Waals surface area contributed by atoms with Crippen molar-refractivity contribution in [3.63, 3.8) is 0 Å². The molecule has 2 aromatic heterocycles. The quantitative estimate of drug-likeness (QED) is 0.227. The zero-order valence-corrected chi connectivity index (χ0v) is 17.9. The maximum absolute atomic E-state index is 12.8. The van der Waals surface area contributed by atoms with Crippen LogP contribution in [0.1, 0.15) is 15.9 Å². The van der Waals surface area contributed by atoms with Crippen molar-refractivity contribution in [1.29, 1.82) is 0 Å². The molecule has 0 saturated heterocycles. The lowest BCUT2D eigenvalue weighted by atomic mass is 9.99. The van der Waals surface area contributed by atoms with E-state index in [2.05, 4.69) is 10.3 Å². The number of esters is 1. The molecule has 0 aliphatic rings. The molecular weight excluding hydrogens is 428 g/mol. The van der Waals surface area contributed by atoms with Gasteiger partial charge in [0.1, 0.15) is 11.8 Å². The van der Waals surface area contributed by atoms with Crippen LogP contribution in [0.5, 0.6) is 5.75 Å². The fourth-order valence-electron chi connectivity index (χ4n) is 3.54. The van der Waals surface area contributed by atoms with E-state index in [1.807, 2.05) is 22.9 Å². The molecule has 1 atom stereocenters. The Kier molecular flexibility index (Phi) is 6.04. The Bertz CT molecular complexity index is 1290.